The largest absolute Gasteiger partial charge is 0.271 e. The van der Waals surface area contributed by atoms with E-state index < -0.39 is 17.7 Å². The Morgan fingerprint density at radius 2 is 2.00 bits per heavy atom. The smallest absolute Gasteiger partial charge is 0.130 e. The molecule has 0 bridgehead atoms. The molecule has 0 saturated carbocycles. The molecule has 3 N–H and O–H groups in total. The maximum atomic E-state index is 13.4. The summed E-state index contributed by atoms with van der Waals surface area (Å²) in [6.07, 6.45) is 2.53. The topological polar surface area (TPSA) is 38.0 Å². The molecule has 0 aliphatic rings. The van der Waals surface area contributed by atoms with E-state index in [-0.39, 0.29) is 5.56 Å². The van der Waals surface area contributed by atoms with E-state index in [1.807, 2.05) is 6.26 Å². The summed E-state index contributed by atoms with van der Waals surface area (Å²) in [5, 5.41) is 0. The number of nitrogens with two attached hydrogens (primary N) is 1. The van der Waals surface area contributed by atoms with E-state index in [0.717, 1.165) is 5.75 Å². The van der Waals surface area contributed by atoms with Crippen LogP contribution in [0, 0.1) is 11.6 Å². The van der Waals surface area contributed by atoms with Crippen LogP contribution in [0.15, 0.2) is 18.2 Å². The molecule has 1 aromatic carbocycles. The first-order valence-electron chi connectivity index (χ1n) is 4.59. The van der Waals surface area contributed by atoms with Gasteiger partial charge in [0.15, 0.2) is 0 Å². The lowest BCUT2D eigenvalue weighted by atomic mass is 10.0. The Balaban J connectivity index is 2.90. The molecule has 0 aliphatic heterocycles. The highest BCUT2D eigenvalue weighted by atomic mass is 32.2. The molecular weight excluding hydrogens is 218 g/mol. The Kier molecular flexibility index (Phi) is 5.01. The van der Waals surface area contributed by atoms with Crippen molar-refractivity contribution in [3.05, 3.63) is 35.4 Å². The van der Waals surface area contributed by atoms with E-state index in [2.05, 4.69) is 5.43 Å². The third kappa shape index (κ3) is 3.15. The number of benzene rings is 1. The molecule has 15 heavy (non-hydrogen) atoms. The highest BCUT2D eigenvalue weighted by Crippen LogP contribution is 2.23. The molecule has 2 nitrogen and oxygen atoms in total. The van der Waals surface area contributed by atoms with E-state index in [9.17, 15) is 8.78 Å². The van der Waals surface area contributed by atoms with Crippen LogP contribution in [-0.2, 0) is 0 Å². The van der Waals surface area contributed by atoms with E-state index in [1.54, 1.807) is 11.8 Å². The molecule has 0 aliphatic carbocycles. The van der Waals surface area contributed by atoms with Crippen molar-refractivity contribution in [2.75, 3.05) is 12.0 Å². The number of nitrogens with one attached hydrogen (secondary N) is 1. The molecule has 0 saturated heterocycles. The molecule has 0 radical (unpaired) electrons. The van der Waals surface area contributed by atoms with Crippen molar-refractivity contribution in [1.82, 2.24) is 5.43 Å². The van der Waals surface area contributed by atoms with Gasteiger partial charge in [-0.2, -0.15) is 11.8 Å². The Morgan fingerprint density at radius 1 is 1.40 bits per heavy atom. The predicted molar refractivity (Wildman–Crippen MR) is 59.4 cm³/mol. The summed E-state index contributed by atoms with van der Waals surface area (Å²) in [6, 6.07) is 3.35. The SMILES string of the molecule is CSCCC(NN)c1c(F)cccc1F. The normalized spacial score (nSPS) is 12.8. The number of hydrogen-bond acceptors (Lipinski definition) is 3. The fourth-order valence-corrected chi connectivity index (χ4v) is 1.86. The third-order valence-electron chi connectivity index (χ3n) is 2.16. The number of thioether (sulfide) groups is 1. The van der Waals surface area contributed by atoms with Crippen LogP contribution >= 0.6 is 11.8 Å². The average Bonchev–Trinajstić information content (AvgIpc) is 2.22. The standard InChI is InChI=1S/C10H14F2N2S/c1-15-6-5-9(14-13)10-7(11)3-2-4-8(10)12/h2-4,9,14H,5-6,13H2,1H3. The zero-order valence-electron chi connectivity index (χ0n) is 8.47. The minimum absolute atomic E-state index is 0.0223. The van der Waals surface area contributed by atoms with Gasteiger partial charge in [-0.15, -0.1) is 0 Å². The molecule has 0 amide bonds. The maximum absolute atomic E-state index is 13.4. The highest BCUT2D eigenvalue weighted by molar-refractivity contribution is 7.98. The second-order valence-electron chi connectivity index (χ2n) is 3.14. The van der Waals surface area contributed by atoms with Gasteiger partial charge in [-0.1, -0.05) is 6.07 Å². The zero-order valence-corrected chi connectivity index (χ0v) is 9.28. The van der Waals surface area contributed by atoms with Crippen molar-refractivity contribution in [2.24, 2.45) is 5.84 Å². The summed E-state index contributed by atoms with van der Waals surface area (Å²) in [5.41, 5.74) is 2.46. The summed E-state index contributed by atoms with van der Waals surface area (Å²) in [6.45, 7) is 0. The van der Waals surface area contributed by atoms with Crippen LogP contribution in [0.2, 0.25) is 0 Å². The summed E-state index contributed by atoms with van der Waals surface area (Å²) in [7, 11) is 0. The van der Waals surface area contributed by atoms with Gasteiger partial charge in [0, 0.05) is 5.56 Å². The van der Waals surface area contributed by atoms with E-state index in [1.165, 1.54) is 18.2 Å². The van der Waals surface area contributed by atoms with Crippen LogP contribution in [-0.4, -0.2) is 12.0 Å². The van der Waals surface area contributed by atoms with Gasteiger partial charge in [-0.3, -0.25) is 11.3 Å². The van der Waals surface area contributed by atoms with Gasteiger partial charge >= 0.3 is 0 Å². The van der Waals surface area contributed by atoms with Gasteiger partial charge < -0.3 is 0 Å². The van der Waals surface area contributed by atoms with Crippen LogP contribution in [0.25, 0.3) is 0 Å². The quantitative estimate of drug-likeness (QED) is 0.604. The summed E-state index contributed by atoms with van der Waals surface area (Å²) < 4.78 is 26.7. The van der Waals surface area contributed by atoms with Gasteiger partial charge in [0.05, 0.1) is 6.04 Å². The lowest BCUT2D eigenvalue weighted by Crippen LogP contribution is -2.30. The first-order chi connectivity index (χ1) is 7.20. The Morgan fingerprint density at radius 3 is 2.47 bits per heavy atom. The Labute approximate surface area is 92.2 Å². The lowest BCUT2D eigenvalue weighted by molar-refractivity contribution is 0.468. The van der Waals surface area contributed by atoms with Crippen molar-refractivity contribution < 1.29 is 8.78 Å². The van der Waals surface area contributed by atoms with Crippen molar-refractivity contribution in [2.45, 2.75) is 12.5 Å². The van der Waals surface area contributed by atoms with Crippen molar-refractivity contribution >= 4 is 11.8 Å². The van der Waals surface area contributed by atoms with Crippen LogP contribution in [0.1, 0.15) is 18.0 Å². The first-order valence-corrected chi connectivity index (χ1v) is 5.99. The summed E-state index contributed by atoms with van der Waals surface area (Å²) in [4.78, 5) is 0. The molecule has 1 atom stereocenters. The van der Waals surface area contributed by atoms with Crippen LogP contribution in [0.4, 0.5) is 8.78 Å². The average molecular weight is 232 g/mol. The molecule has 1 aromatic rings. The van der Waals surface area contributed by atoms with Gasteiger partial charge in [-0.05, 0) is 30.6 Å². The van der Waals surface area contributed by atoms with Crippen LogP contribution < -0.4 is 11.3 Å². The molecule has 1 unspecified atom stereocenters. The fourth-order valence-electron chi connectivity index (χ4n) is 1.39. The summed E-state index contributed by atoms with van der Waals surface area (Å²) in [5.74, 6) is 4.97. The molecule has 0 aromatic heterocycles. The minimum Gasteiger partial charge on any atom is -0.271 e. The number of hydrogen-bond donors (Lipinski definition) is 2. The fraction of sp³-hybridized carbons (Fsp3) is 0.400. The Hall–Kier alpha value is -0.650. The predicted octanol–water partition coefficient (Wildman–Crippen LogP) is 2.22. The van der Waals surface area contributed by atoms with Gasteiger partial charge in [0.25, 0.3) is 0 Å². The molecule has 5 heteroatoms. The second kappa shape index (κ2) is 6.05. The van der Waals surface area contributed by atoms with Gasteiger partial charge in [0.1, 0.15) is 11.6 Å². The van der Waals surface area contributed by atoms with E-state index >= 15 is 0 Å². The zero-order chi connectivity index (χ0) is 11.3. The Bertz CT molecular complexity index is 300. The molecule has 0 spiro atoms. The van der Waals surface area contributed by atoms with E-state index in [4.69, 9.17) is 5.84 Å². The van der Waals surface area contributed by atoms with Gasteiger partial charge in [0.2, 0.25) is 0 Å². The second-order valence-corrected chi connectivity index (χ2v) is 4.12. The summed E-state index contributed by atoms with van der Waals surface area (Å²) >= 11 is 1.61. The molecule has 0 heterocycles. The van der Waals surface area contributed by atoms with Crippen LogP contribution in [0.5, 0.6) is 0 Å². The highest BCUT2D eigenvalue weighted by Gasteiger charge is 2.18. The first kappa shape index (κ1) is 12.4. The monoisotopic (exact) mass is 232 g/mol. The maximum Gasteiger partial charge on any atom is 0.130 e. The third-order valence-corrected chi connectivity index (χ3v) is 2.80. The van der Waals surface area contributed by atoms with E-state index in [0.29, 0.717) is 6.42 Å². The number of rotatable bonds is 5. The van der Waals surface area contributed by atoms with Crippen molar-refractivity contribution in [3.63, 3.8) is 0 Å². The van der Waals surface area contributed by atoms with Crippen LogP contribution in [0.3, 0.4) is 0 Å². The van der Waals surface area contributed by atoms with Crippen molar-refractivity contribution in [3.8, 4) is 0 Å². The van der Waals surface area contributed by atoms with Gasteiger partial charge in [-0.25, -0.2) is 8.78 Å². The molecule has 1 rings (SSSR count). The molecule has 84 valence electrons. The number of halogens is 2. The van der Waals surface area contributed by atoms with Crippen molar-refractivity contribution in [1.29, 1.82) is 0 Å². The lowest BCUT2D eigenvalue weighted by Gasteiger charge is -2.16. The number of hydrazine groups is 1. The molecule has 0 fully saturated rings. The molecular formula is C10H14F2N2S. The minimum atomic E-state index is -0.556.